The molecule has 11 nitrogen and oxygen atoms in total. The highest BCUT2D eigenvalue weighted by molar-refractivity contribution is 5.91. The number of nitrogens with one attached hydrogen (secondary N) is 2. The van der Waals surface area contributed by atoms with E-state index in [0.29, 0.717) is 37.9 Å². The van der Waals surface area contributed by atoms with Gasteiger partial charge < -0.3 is 31.6 Å². The highest BCUT2D eigenvalue weighted by atomic mass is 19.1. The molecule has 38 heavy (non-hydrogen) atoms. The van der Waals surface area contributed by atoms with Gasteiger partial charge in [-0.15, -0.1) is 0 Å². The molecule has 1 aromatic carbocycles. The molecule has 0 saturated carbocycles. The quantitative estimate of drug-likeness (QED) is 0.158. The van der Waals surface area contributed by atoms with Crippen LogP contribution in [0.5, 0.6) is 0 Å². The lowest BCUT2D eigenvalue weighted by molar-refractivity contribution is -0.146. The maximum atomic E-state index is 12.2. The number of primary amides is 1. The van der Waals surface area contributed by atoms with Gasteiger partial charge in [-0.2, -0.15) is 0 Å². The van der Waals surface area contributed by atoms with Crippen LogP contribution in [0.4, 0.5) is 10.1 Å². The summed E-state index contributed by atoms with van der Waals surface area (Å²) in [6.45, 7) is 8.99. The van der Waals surface area contributed by atoms with Gasteiger partial charge in [0.1, 0.15) is 18.7 Å². The second kappa shape index (κ2) is 27.8. The molecule has 1 atom stereocenters. The number of anilines is 1. The maximum absolute atomic E-state index is 12.2. The molecule has 0 radical (unpaired) electrons. The molecule has 1 aliphatic heterocycles. The summed E-state index contributed by atoms with van der Waals surface area (Å²) in [5, 5.41) is 5.29. The van der Waals surface area contributed by atoms with Gasteiger partial charge in [0.15, 0.2) is 6.29 Å². The first-order valence-corrected chi connectivity index (χ1v) is 12.3. The minimum absolute atomic E-state index is 0.119. The average Bonchev–Trinajstić information content (AvgIpc) is 3.35. The molecule has 1 heterocycles. The van der Waals surface area contributed by atoms with Gasteiger partial charge in [-0.1, -0.05) is 39.3 Å². The Balaban J connectivity index is -0.000000421. The van der Waals surface area contributed by atoms with Crippen molar-refractivity contribution in [3.8, 4) is 0 Å². The summed E-state index contributed by atoms with van der Waals surface area (Å²) in [6, 6.07) is 6.15. The highest BCUT2D eigenvalue weighted by Gasteiger charge is 2.14. The van der Waals surface area contributed by atoms with Crippen LogP contribution in [0.2, 0.25) is 0 Å². The molecule has 0 bridgehead atoms. The highest BCUT2D eigenvalue weighted by Crippen LogP contribution is 2.05. The van der Waals surface area contributed by atoms with Gasteiger partial charge in [-0.05, 0) is 37.8 Å². The van der Waals surface area contributed by atoms with E-state index in [0.717, 1.165) is 25.8 Å². The van der Waals surface area contributed by atoms with Crippen molar-refractivity contribution in [3.63, 3.8) is 0 Å². The van der Waals surface area contributed by atoms with E-state index in [1.54, 1.807) is 12.1 Å². The number of amides is 3. The van der Waals surface area contributed by atoms with Crippen molar-refractivity contribution in [3.05, 3.63) is 30.1 Å². The van der Waals surface area contributed by atoms with E-state index in [2.05, 4.69) is 21.1 Å². The molecule has 6 N–H and O–H groups in total. The Morgan fingerprint density at radius 3 is 2.11 bits per heavy atom. The molecule has 1 saturated heterocycles. The fraction of sp³-hybridized carbons (Fsp3) is 0.538. The smallest absolute Gasteiger partial charge is 0.306 e. The molecule has 1 unspecified atom stereocenters. The van der Waals surface area contributed by atoms with Gasteiger partial charge in [0.05, 0.1) is 11.6 Å². The van der Waals surface area contributed by atoms with E-state index >= 15 is 0 Å². The Hall–Kier alpha value is -3.83. The lowest BCUT2D eigenvalue weighted by atomic mass is 10.1. The van der Waals surface area contributed by atoms with Crippen LogP contribution >= 0.6 is 0 Å². The largest absolute Gasteiger partial charge is 0.458 e. The van der Waals surface area contributed by atoms with Crippen molar-refractivity contribution in [2.75, 3.05) is 25.4 Å². The number of carbonyl (C=O) groups excluding carboxylic acids is 6. The van der Waals surface area contributed by atoms with Crippen LogP contribution < -0.4 is 22.1 Å². The molecule has 0 spiro atoms. The minimum atomic E-state index is -0.444. The van der Waals surface area contributed by atoms with Crippen LogP contribution in [0, 0.1) is 17.7 Å². The van der Waals surface area contributed by atoms with Crippen molar-refractivity contribution in [1.82, 2.24) is 10.6 Å². The summed E-state index contributed by atoms with van der Waals surface area (Å²) < 4.78 is 16.7. The first-order chi connectivity index (χ1) is 18.0. The van der Waals surface area contributed by atoms with Crippen molar-refractivity contribution in [1.29, 1.82) is 0 Å². The van der Waals surface area contributed by atoms with Crippen molar-refractivity contribution in [2.45, 2.75) is 59.8 Å². The van der Waals surface area contributed by atoms with Crippen LogP contribution in [0.1, 0.15) is 59.8 Å². The van der Waals surface area contributed by atoms with E-state index in [-0.39, 0.29) is 42.3 Å². The zero-order chi connectivity index (χ0) is 29.8. The number of para-hydroxylation sites is 1. The summed E-state index contributed by atoms with van der Waals surface area (Å²) in [5.74, 6) is -0.756. The lowest BCUT2D eigenvalue weighted by Crippen LogP contribution is -2.31. The Bertz CT molecular complexity index is 779. The van der Waals surface area contributed by atoms with Crippen LogP contribution in [0.15, 0.2) is 24.3 Å². The molecule has 12 heteroatoms. The Kier molecular flexibility index (Phi) is 28.3. The standard InChI is InChI=1S/C8H15NO2.C7H12O3.C6H6FN.C4H7NO.CH3NO/c1-3-5-7(6-10)8(11)9-4-2;1-6(2)5-7(9)10-4-3-8;7-5-3-1-2-4-6(5)8;6-4-2-1-3-5-4;2-1-3/h6-7H,3-5H2,1-2H3,(H,9,11);3,6H,4-5H2,1-2H3;1-4H,8H2;1-3H2,(H,5,6);1H,(H2,2,3). The summed E-state index contributed by atoms with van der Waals surface area (Å²) in [7, 11) is 0. The average molecular weight is 543 g/mol. The van der Waals surface area contributed by atoms with Gasteiger partial charge >= 0.3 is 5.97 Å². The lowest BCUT2D eigenvalue weighted by Gasteiger charge is -2.07. The van der Waals surface area contributed by atoms with Crippen LogP contribution in [0.3, 0.4) is 0 Å². The number of aldehydes is 2. The maximum Gasteiger partial charge on any atom is 0.306 e. The minimum Gasteiger partial charge on any atom is -0.458 e. The molecule has 0 aliphatic carbocycles. The van der Waals surface area contributed by atoms with E-state index < -0.39 is 5.92 Å². The predicted octanol–water partition coefficient (Wildman–Crippen LogP) is 1.92. The molecule has 2 rings (SSSR count). The molecule has 1 fully saturated rings. The first kappa shape index (κ1) is 38.7. The third kappa shape index (κ3) is 26.8. The number of ether oxygens (including phenoxy) is 1. The van der Waals surface area contributed by atoms with Gasteiger partial charge in [0, 0.05) is 25.9 Å². The van der Waals surface area contributed by atoms with Crippen molar-refractivity contribution >= 4 is 42.5 Å². The molecule has 1 aromatic rings. The fourth-order valence-electron chi connectivity index (χ4n) is 2.44. The summed E-state index contributed by atoms with van der Waals surface area (Å²) in [6.07, 6.45) is 5.19. The third-order valence-corrected chi connectivity index (χ3v) is 4.15. The monoisotopic (exact) mass is 542 g/mol. The first-order valence-electron chi connectivity index (χ1n) is 12.3. The molecule has 216 valence electrons. The Morgan fingerprint density at radius 1 is 1.18 bits per heavy atom. The van der Waals surface area contributed by atoms with Crippen molar-refractivity contribution in [2.24, 2.45) is 17.6 Å². The molecule has 3 amide bonds. The topological polar surface area (TPSA) is 188 Å². The predicted molar refractivity (Wildman–Crippen MR) is 143 cm³/mol. The molecule has 1 aliphatic rings. The van der Waals surface area contributed by atoms with E-state index in [1.165, 1.54) is 12.1 Å². The second-order valence-electron chi connectivity index (χ2n) is 7.98. The van der Waals surface area contributed by atoms with Gasteiger partial charge in [-0.3, -0.25) is 24.0 Å². The van der Waals surface area contributed by atoms with Crippen LogP contribution in [-0.2, 0) is 33.5 Å². The number of halogens is 1. The van der Waals surface area contributed by atoms with Gasteiger partial charge in [-0.25, -0.2) is 4.39 Å². The number of esters is 1. The zero-order valence-corrected chi connectivity index (χ0v) is 22.7. The molecule has 0 aromatic heterocycles. The van der Waals surface area contributed by atoms with Crippen LogP contribution in [-0.4, -0.2) is 56.5 Å². The number of nitrogen functional groups attached to an aromatic ring is 1. The van der Waals surface area contributed by atoms with E-state index in [9.17, 15) is 28.4 Å². The Morgan fingerprint density at radius 2 is 1.79 bits per heavy atom. The number of carbonyl (C=O) groups is 6. The van der Waals surface area contributed by atoms with E-state index in [1.807, 2.05) is 27.7 Å². The number of rotatable bonds is 9. The molecular formula is C26H43FN4O7. The summed E-state index contributed by atoms with van der Waals surface area (Å²) in [5.41, 5.74) is 9.51. The fourth-order valence-corrected chi connectivity index (χ4v) is 2.44. The number of nitrogens with two attached hydrogens (primary N) is 2. The second-order valence-corrected chi connectivity index (χ2v) is 7.98. The third-order valence-electron chi connectivity index (χ3n) is 4.15. The number of hydrogen-bond acceptors (Lipinski definition) is 8. The van der Waals surface area contributed by atoms with E-state index in [4.69, 9.17) is 10.5 Å². The normalized spacial score (nSPS) is 11.6. The zero-order valence-electron chi connectivity index (χ0n) is 22.7. The van der Waals surface area contributed by atoms with Crippen molar-refractivity contribution < 1.29 is 37.9 Å². The number of benzene rings is 1. The SMILES string of the molecule is CC(C)CC(=O)OCC=O.CCCC(C=O)C(=O)NCC.NC=O.Nc1ccccc1F.O=C1CCCN1. The number of hydrogen-bond donors (Lipinski definition) is 4. The van der Waals surface area contributed by atoms with Gasteiger partial charge in [0.25, 0.3) is 0 Å². The van der Waals surface area contributed by atoms with Crippen LogP contribution in [0.25, 0.3) is 0 Å². The summed E-state index contributed by atoms with van der Waals surface area (Å²) in [4.78, 5) is 60.4. The Labute approximate surface area is 224 Å². The van der Waals surface area contributed by atoms with Gasteiger partial charge in [0.2, 0.25) is 18.2 Å². The summed E-state index contributed by atoms with van der Waals surface area (Å²) >= 11 is 0. The molecular weight excluding hydrogens is 499 g/mol.